The van der Waals surface area contributed by atoms with E-state index in [0.717, 1.165) is 128 Å². The van der Waals surface area contributed by atoms with Crippen molar-refractivity contribution in [2.45, 2.75) is 322 Å². The van der Waals surface area contributed by atoms with Gasteiger partial charge in [-0.25, -0.2) is 0 Å². The van der Waals surface area contributed by atoms with Crippen molar-refractivity contribution in [2.75, 3.05) is 13.2 Å². The first-order chi connectivity index (χ1) is 40.0. The lowest BCUT2D eigenvalue weighted by atomic mass is 10.0. The van der Waals surface area contributed by atoms with E-state index in [1.54, 1.807) is 0 Å². The van der Waals surface area contributed by atoms with E-state index in [-0.39, 0.29) is 37.5 Å². The lowest BCUT2D eigenvalue weighted by Gasteiger charge is -2.18. The van der Waals surface area contributed by atoms with Gasteiger partial charge in [0, 0.05) is 19.3 Å². The predicted octanol–water partition coefficient (Wildman–Crippen LogP) is 23.6. The maximum atomic E-state index is 12.9. The van der Waals surface area contributed by atoms with E-state index in [1.807, 2.05) is 0 Å². The lowest BCUT2D eigenvalue weighted by Crippen LogP contribution is -2.30. The summed E-state index contributed by atoms with van der Waals surface area (Å²) < 4.78 is 16.9. The highest BCUT2D eigenvalue weighted by molar-refractivity contribution is 5.71. The van der Waals surface area contributed by atoms with Gasteiger partial charge in [-0.2, -0.15) is 0 Å². The summed E-state index contributed by atoms with van der Waals surface area (Å²) in [4.78, 5) is 38.3. The van der Waals surface area contributed by atoms with Crippen molar-refractivity contribution in [2.24, 2.45) is 0 Å². The van der Waals surface area contributed by atoms with Crippen LogP contribution in [0.25, 0.3) is 0 Å². The van der Waals surface area contributed by atoms with E-state index >= 15 is 0 Å². The summed E-state index contributed by atoms with van der Waals surface area (Å²) in [7, 11) is 0. The van der Waals surface area contributed by atoms with E-state index in [2.05, 4.69) is 142 Å². The number of unbranched alkanes of at least 4 members (excludes halogenated alkanes) is 30. The summed E-state index contributed by atoms with van der Waals surface area (Å²) in [5, 5.41) is 0. The Balaban J connectivity index is 4.22. The zero-order valence-electron chi connectivity index (χ0n) is 53.0. The van der Waals surface area contributed by atoms with Crippen LogP contribution in [0.2, 0.25) is 0 Å². The minimum absolute atomic E-state index is 0.101. The molecule has 0 spiro atoms. The Kier molecular flexibility index (Phi) is 64.8. The number of hydrogen-bond donors (Lipinski definition) is 0. The number of esters is 3. The SMILES string of the molecule is CC/C=C\C/C=C\C/C=C\C/C=C\CCCCC(=O)OC(COC(=O)CCCCCCC/C=C\C/C=C\C/C=C\CC)COC(=O)CCCCCCCCCCCCCCCCCCCC/C=C\C/C=C\C/C=C\CCCCCCC. The van der Waals surface area contributed by atoms with Gasteiger partial charge in [0.1, 0.15) is 13.2 Å². The van der Waals surface area contributed by atoms with Crippen LogP contribution in [-0.2, 0) is 28.6 Å². The fraction of sp³-hybridized carbons (Fsp3) is 0.693. The fourth-order valence-corrected chi connectivity index (χ4v) is 9.40. The highest BCUT2D eigenvalue weighted by atomic mass is 16.6. The molecule has 0 saturated heterocycles. The van der Waals surface area contributed by atoms with Crippen LogP contribution in [0.3, 0.4) is 0 Å². The quantitative estimate of drug-likeness (QED) is 0.0261. The highest BCUT2D eigenvalue weighted by Gasteiger charge is 2.19. The van der Waals surface area contributed by atoms with Crippen LogP contribution in [0.15, 0.2) is 122 Å². The molecule has 0 fully saturated rings. The molecule has 1 atom stereocenters. The molecule has 0 aliphatic heterocycles. The van der Waals surface area contributed by atoms with E-state index in [4.69, 9.17) is 14.2 Å². The summed E-state index contributed by atoms with van der Waals surface area (Å²) in [5.74, 6) is -0.954. The van der Waals surface area contributed by atoms with Crippen LogP contribution >= 0.6 is 0 Å². The van der Waals surface area contributed by atoms with Crippen LogP contribution < -0.4 is 0 Å². The maximum absolute atomic E-state index is 12.9. The zero-order chi connectivity index (χ0) is 58.5. The van der Waals surface area contributed by atoms with Gasteiger partial charge < -0.3 is 14.2 Å². The standard InChI is InChI=1S/C75H126O6/c1-4-7-10-13-16-19-22-25-28-29-30-31-32-33-34-35-36-37-38-39-40-41-42-43-44-45-48-50-53-56-59-62-65-68-74(77)80-71-72(81-75(78)69-66-63-60-57-54-51-47-27-24-21-18-15-12-9-6-3)70-79-73(76)67-64-61-58-55-52-49-46-26-23-20-17-14-11-8-5-2/h8-9,11-12,17-18,20-22,25-27,29-30,32-33,46-47,54,57,72H,4-7,10,13-16,19,23-24,28,31,34-45,48-53,55-56,58-71H2,1-3H3/b11-8-,12-9-,20-17-,21-18-,25-22-,30-29-,33-32-,46-26-,47-27-,57-54-. The van der Waals surface area contributed by atoms with Gasteiger partial charge in [0.25, 0.3) is 0 Å². The van der Waals surface area contributed by atoms with E-state index in [1.165, 1.54) is 141 Å². The molecule has 6 nitrogen and oxygen atoms in total. The molecule has 0 saturated carbocycles. The van der Waals surface area contributed by atoms with E-state index in [0.29, 0.717) is 19.3 Å². The number of carbonyl (C=O) groups excluding carboxylic acids is 3. The summed E-state index contributed by atoms with van der Waals surface area (Å²) in [6.07, 6.45) is 95.2. The molecule has 0 aromatic heterocycles. The lowest BCUT2D eigenvalue weighted by molar-refractivity contribution is -0.167. The van der Waals surface area contributed by atoms with Crippen LogP contribution in [0.5, 0.6) is 0 Å². The van der Waals surface area contributed by atoms with Crippen molar-refractivity contribution >= 4 is 17.9 Å². The van der Waals surface area contributed by atoms with Crippen LogP contribution in [0.4, 0.5) is 0 Å². The Hall–Kier alpha value is -4.19. The second-order valence-corrected chi connectivity index (χ2v) is 22.3. The third-order valence-corrected chi connectivity index (χ3v) is 14.4. The molecule has 81 heavy (non-hydrogen) atoms. The highest BCUT2D eigenvalue weighted by Crippen LogP contribution is 2.17. The molecule has 0 radical (unpaired) electrons. The molecule has 6 heteroatoms. The first-order valence-electron chi connectivity index (χ1n) is 34.0. The molecule has 0 amide bonds. The van der Waals surface area contributed by atoms with Gasteiger partial charge in [0.05, 0.1) is 0 Å². The second kappa shape index (κ2) is 68.3. The minimum Gasteiger partial charge on any atom is -0.462 e. The number of allylic oxidation sites excluding steroid dienone is 20. The largest absolute Gasteiger partial charge is 0.462 e. The van der Waals surface area contributed by atoms with Crippen LogP contribution in [0.1, 0.15) is 316 Å². The molecule has 0 heterocycles. The molecule has 1 unspecified atom stereocenters. The predicted molar refractivity (Wildman–Crippen MR) is 353 cm³/mol. The average Bonchev–Trinajstić information content (AvgIpc) is 3.47. The molecular formula is C75H126O6. The van der Waals surface area contributed by atoms with Gasteiger partial charge in [0.2, 0.25) is 0 Å². The first kappa shape index (κ1) is 76.8. The Morgan fingerprint density at radius 1 is 0.259 bits per heavy atom. The smallest absolute Gasteiger partial charge is 0.306 e. The molecule has 0 N–H and O–H groups in total. The summed E-state index contributed by atoms with van der Waals surface area (Å²) >= 11 is 0. The first-order valence-corrected chi connectivity index (χ1v) is 34.0. The van der Waals surface area contributed by atoms with E-state index < -0.39 is 6.10 Å². The molecule has 0 aliphatic carbocycles. The summed E-state index contributed by atoms with van der Waals surface area (Å²) in [6, 6.07) is 0. The molecular weight excluding hydrogens is 997 g/mol. The van der Waals surface area contributed by atoms with Gasteiger partial charge in [-0.1, -0.05) is 290 Å². The molecule has 0 aromatic carbocycles. The van der Waals surface area contributed by atoms with Crippen molar-refractivity contribution in [1.82, 2.24) is 0 Å². The molecule has 0 rings (SSSR count). The molecule has 0 aromatic rings. The van der Waals surface area contributed by atoms with Crippen molar-refractivity contribution in [3.63, 3.8) is 0 Å². The van der Waals surface area contributed by atoms with E-state index in [9.17, 15) is 14.4 Å². The number of rotatable bonds is 61. The maximum Gasteiger partial charge on any atom is 0.306 e. The van der Waals surface area contributed by atoms with Crippen molar-refractivity contribution in [3.8, 4) is 0 Å². The molecule has 0 aliphatic rings. The Bertz CT molecular complexity index is 1670. The van der Waals surface area contributed by atoms with Gasteiger partial charge in [-0.15, -0.1) is 0 Å². The minimum atomic E-state index is -0.810. The summed E-state index contributed by atoms with van der Waals surface area (Å²) in [6.45, 7) is 6.37. The number of carbonyl (C=O) groups is 3. The van der Waals surface area contributed by atoms with Crippen molar-refractivity contribution < 1.29 is 28.6 Å². The third-order valence-electron chi connectivity index (χ3n) is 14.4. The third kappa shape index (κ3) is 66.5. The van der Waals surface area contributed by atoms with Crippen molar-refractivity contribution in [1.29, 1.82) is 0 Å². The Labute approximate surface area is 501 Å². The van der Waals surface area contributed by atoms with Crippen LogP contribution in [-0.4, -0.2) is 37.2 Å². The second-order valence-electron chi connectivity index (χ2n) is 22.3. The monoisotopic (exact) mass is 1120 g/mol. The molecule has 0 bridgehead atoms. The van der Waals surface area contributed by atoms with Crippen LogP contribution in [0, 0.1) is 0 Å². The zero-order valence-corrected chi connectivity index (χ0v) is 53.0. The Morgan fingerprint density at radius 2 is 0.481 bits per heavy atom. The van der Waals surface area contributed by atoms with Gasteiger partial charge in [-0.3, -0.25) is 14.4 Å². The van der Waals surface area contributed by atoms with Gasteiger partial charge in [-0.05, 0) is 128 Å². The number of ether oxygens (including phenoxy) is 3. The van der Waals surface area contributed by atoms with Gasteiger partial charge >= 0.3 is 17.9 Å². The topological polar surface area (TPSA) is 78.9 Å². The molecule has 462 valence electrons. The fourth-order valence-electron chi connectivity index (χ4n) is 9.40. The van der Waals surface area contributed by atoms with Gasteiger partial charge in [0.15, 0.2) is 6.10 Å². The summed E-state index contributed by atoms with van der Waals surface area (Å²) in [5.41, 5.74) is 0. The van der Waals surface area contributed by atoms with Crippen molar-refractivity contribution in [3.05, 3.63) is 122 Å². The normalized spacial score (nSPS) is 12.9. The average molecular weight is 1120 g/mol. The Morgan fingerprint density at radius 3 is 0.778 bits per heavy atom. The number of hydrogen-bond acceptors (Lipinski definition) is 6.